The Morgan fingerprint density at radius 2 is 1.88 bits per heavy atom. The van der Waals surface area contributed by atoms with Gasteiger partial charge in [-0.3, -0.25) is 0 Å². The Kier molecular flexibility index (Phi) is 4.48. The minimum absolute atomic E-state index is 0.0844. The lowest BCUT2D eigenvalue weighted by atomic mass is 10.0. The van der Waals surface area contributed by atoms with E-state index >= 15 is 0 Å². The van der Waals surface area contributed by atoms with Gasteiger partial charge in [-0.05, 0) is 23.6 Å². The molecular formula is C20H21N3O2. The number of benzene rings is 2. The fraction of sp³-hybridized carbons (Fsp3) is 0.300. The van der Waals surface area contributed by atoms with Gasteiger partial charge in [0.1, 0.15) is 11.9 Å². The van der Waals surface area contributed by atoms with Gasteiger partial charge in [0.15, 0.2) is 0 Å². The van der Waals surface area contributed by atoms with E-state index in [1.165, 1.54) is 5.56 Å². The van der Waals surface area contributed by atoms with E-state index in [0.29, 0.717) is 19.4 Å². The molecule has 0 spiro atoms. The summed E-state index contributed by atoms with van der Waals surface area (Å²) in [6.45, 7) is 0.663. The van der Waals surface area contributed by atoms with E-state index in [1.807, 2.05) is 54.7 Å². The Morgan fingerprint density at radius 1 is 1.08 bits per heavy atom. The van der Waals surface area contributed by atoms with E-state index in [9.17, 15) is 5.11 Å². The zero-order valence-corrected chi connectivity index (χ0v) is 14.0. The lowest BCUT2D eigenvalue weighted by Crippen LogP contribution is -2.21. The average Bonchev–Trinajstić information content (AvgIpc) is 3.22. The van der Waals surface area contributed by atoms with Gasteiger partial charge in [-0.1, -0.05) is 53.7 Å². The van der Waals surface area contributed by atoms with Crippen LogP contribution in [0.3, 0.4) is 0 Å². The number of fused-ring (bicyclic) bond motifs is 1. The van der Waals surface area contributed by atoms with Crippen LogP contribution >= 0.6 is 0 Å². The number of aliphatic hydroxyl groups is 1. The van der Waals surface area contributed by atoms with Gasteiger partial charge in [0, 0.05) is 19.0 Å². The first-order chi connectivity index (χ1) is 12.3. The summed E-state index contributed by atoms with van der Waals surface area (Å²) in [5.74, 6) is 0.964. The van der Waals surface area contributed by atoms with Crippen LogP contribution in [-0.4, -0.2) is 32.3 Å². The van der Waals surface area contributed by atoms with Crippen molar-refractivity contribution in [2.75, 3.05) is 0 Å². The lowest BCUT2D eigenvalue weighted by molar-refractivity contribution is 0.174. The van der Waals surface area contributed by atoms with Crippen LogP contribution in [0, 0.1) is 0 Å². The highest BCUT2D eigenvalue weighted by Crippen LogP contribution is 2.28. The molecule has 2 atom stereocenters. The molecule has 128 valence electrons. The molecule has 5 heteroatoms. The summed E-state index contributed by atoms with van der Waals surface area (Å²) in [6.07, 6.45) is 3.54. The molecule has 0 radical (unpaired) electrons. The van der Waals surface area contributed by atoms with Crippen molar-refractivity contribution in [1.29, 1.82) is 0 Å². The molecule has 0 saturated heterocycles. The molecule has 2 unspecified atom stereocenters. The number of hydrogen-bond donors (Lipinski definition) is 1. The fourth-order valence-corrected chi connectivity index (χ4v) is 3.29. The van der Waals surface area contributed by atoms with Crippen molar-refractivity contribution >= 4 is 0 Å². The molecule has 2 aromatic carbocycles. The second-order valence-electron chi connectivity index (χ2n) is 6.53. The summed E-state index contributed by atoms with van der Waals surface area (Å²) in [5, 5.41) is 18.6. The van der Waals surface area contributed by atoms with Gasteiger partial charge in [-0.2, -0.15) is 0 Å². The topological polar surface area (TPSA) is 60.2 Å². The van der Waals surface area contributed by atoms with Gasteiger partial charge in [-0.25, -0.2) is 4.68 Å². The maximum absolute atomic E-state index is 10.3. The summed E-state index contributed by atoms with van der Waals surface area (Å²) in [4.78, 5) is 0. The molecule has 1 N–H and O–H groups in total. The Morgan fingerprint density at radius 3 is 2.72 bits per heavy atom. The first kappa shape index (κ1) is 15.8. The van der Waals surface area contributed by atoms with Crippen molar-refractivity contribution in [3.8, 4) is 5.75 Å². The lowest BCUT2D eigenvalue weighted by Gasteiger charge is -2.10. The van der Waals surface area contributed by atoms with Crippen molar-refractivity contribution in [2.24, 2.45) is 0 Å². The third-order valence-corrected chi connectivity index (χ3v) is 4.45. The molecular weight excluding hydrogens is 314 g/mol. The van der Waals surface area contributed by atoms with E-state index in [-0.39, 0.29) is 6.10 Å². The third-order valence-electron chi connectivity index (χ3n) is 4.45. The largest absolute Gasteiger partial charge is 0.488 e. The van der Waals surface area contributed by atoms with Gasteiger partial charge < -0.3 is 9.84 Å². The second kappa shape index (κ2) is 7.07. The quantitative estimate of drug-likeness (QED) is 0.752. The fourth-order valence-electron chi connectivity index (χ4n) is 3.29. The summed E-state index contributed by atoms with van der Waals surface area (Å²) in [7, 11) is 0. The van der Waals surface area contributed by atoms with Crippen molar-refractivity contribution in [2.45, 2.75) is 38.0 Å². The molecule has 0 saturated carbocycles. The van der Waals surface area contributed by atoms with Crippen LogP contribution < -0.4 is 4.74 Å². The number of ether oxygens (including phenoxy) is 1. The van der Waals surface area contributed by atoms with E-state index in [1.54, 1.807) is 4.68 Å². The normalized spacial score (nSPS) is 17.1. The molecule has 5 nitrogen and oxygen atoms in total. The smallest absolute Gasteiger partial charge is 0.123 e. The zero-order chi connectivity index (χ0) is 17.1. The van der Waals surface area contributed by atoms with Crippen LogP contribution in [0.2, 0.25) is 0 Å². The number of hydrogen-bond acceptors (Lipinski definition) is 4. The Balaban J connectivity index is 1.32. The number of rotatable bonds is 6. The maximum Gasteiger partial charge on any atom is 0.123 e. The van der Waals surface area contributed by atoms with Gasteiger partial charge in [-0.15, -0.1) is 5.10 Å². The number of aliphatic hydroxyl groups excluding tert-OH is 1. The summed E-state index contributed by atoms with van der Waals surface area (Å²) in [6, 6.07) is 18.1. The van der Waals surface area contributed by atoms with Crippen molar-refractivity contribution < 1.29 is 9.84 Å². The molecule has 3 aromatic rings. The second-order valence-corrected chi connectivity index (χ2v) is 6.53. The van der Waals surface area contributed by atoms with E-state index in [4.69, 9.17) is 4.74 Å². The molecule has 0 bridgehead atoms. The minimum atomic E-state index is -0.459. The number of para-hydroxylation sites is 1. The van der Waals surface area contributed by atoms with Crippen molar-refractivity contribution in [3.05, 3.63) is 77.6 Å². The third kappa shape index (κ3) is 3.88. The van der Waals surface area contributed by atoms with E-state index in [0.717, 1.165) is 23.4 Å². The van der Waals surface area contributed by atoms with Crippen LogP contribution in [0.5, 0.6) is 5.75 Å². The molecule has 2 heterocycles. The standard InChI is InChI=1S/C20H21N3O2/c24-18(10-15-6-2-1-3-7-15)12-17-13-23(22-21-17)14-19-11-16-8-4-5-9-20(16)25-19/h1-9,13,18-19,24H,10-12,14H2. The van der Waals surface area contributed by atoms with Gasteiger partial charge in [0.05, 0.1) is 18.3 Å². The summed E-state index contributed by atoms with van der Waals surface area (Å²) in [5.41, 5.74) is 3.17. The first-order valence-corrected chi connectivity index (χ1v) is 8.62. The highest BCUT2D eigenvalue weighted by Gasteiger charge is 2.23. The zero-order valence-electron chi connectivity index (χ0n) is 14.0. The molecule has 25 heavy (non-hydrogen) atoms. The van der Waals surface area contributed by atoms with Gasteiger partial charge in [0.2, 0.25) is 0 Å². The average molecular weight is 335 g/mol. The van der Waals surface area contributed by atoms with E-state index < -0.39 is 6.10 Å². The molecule has 1 aromatic heterocycles. The predicted molar refractivity (Wildman–Crippen MR) is 94.4 cm³/mol. The Bertz CT molecular complexity index is 807. The minimum Gasteiger partial charge on any atom is -0.488 e. The highest BCUT2D eigenvalue weighted by atomic mass is 16.5. The summed E-state index contributed by atoms with van der Waals surface area (Å²) >= 11 is 0. The molecule has 1 aliphatic heterocycles. The molecule has 4 rings (SSSR count). The van der Waals surface area contributed by atoms with Crippen molar-refractivity contribution in [3.63, 3.8) is 0 Å². The van der Waals surface area contributed by atoms with Gasteiger partial charge in [0.25, 0.3) is 0 Å². The monoisotopic (exact) mass is 335 g/mol. The van der Waals surface area contributed by atoms with Crippen LogP contribution in [0.4, 0.5) is 0 Å². The number of nitrogens with zero attached hydrogens (tertiary/aromatic N) is 3. The molecule has 0 amide bonds. The summed E-state index contributed by atoms with van der Waals surface area (Å²) < 4.78 is 7.75. The van der Waals surface area contributed by atoms with Gasteiger partial charge >= 0.3 is 0 Å². The first-order valence-electron chi connectivity index (χ1n) is 8.62. The molecule has 1 aliphatic rings. The van der Waals surface area contributed by atoms with Crippen molar-refractivity contribution in [1.82, 2.24) is 15.0 Å². The Labute approximate surface area is 146 Å². The number of aromatic nitrogens is 3. The van der Waals surface area contributed by atoms with E-state index in [2.05, 4.69) is 16.4 Å². The van der Waals surface area contributed by atoms with Crippen LogP contribution in [-0.2, 0) is 25.8 Å². The highest BCUT2D eigenvalue weighted by molar-refractivity contribution is 5.37. The maximum atomic E-state index is 10.3. The SMILES string of the molecule is OC(Cc1ccccc1)Cc1cn(CC2Cc3ccccc3O2)nn1. The van der Waals surface area contributed by atoms with Crippen LogP contribution in [0.25, 0.3) is 0 Å². The molecule has 0 aliphatic carbocycles. The van der Waals surface area contributed by atoms with Crippen LogP contribution in [0.1, 0.15) is 16.8 Å². The van der Waals surface area contributed by atoms with Crippen LogP contribution in [0.15, 0.2) is 60.8 Å². The molecule has 0 fully saturated rings. The predicted octanol–water partition coefficient (Wildman–Crippen LogP) is 2.43. The Hall–Kier alpha value is -2.66.